The van der Waals surface area contributed by atoms with Crippen LogP contribution in [0.2, 0.25) is 0 Å². The molecule has 0 atom stereocenters. The molecular weight excluding hydrogens is 352 g/mol. The Bertz CT molecular complexity index is 841. The molecular formula is C22H30N4O2. The van der Waals surface area contributed by atoms with Gasteiger partial charge in [-0.15, -0.1) is 0 Å². The molecule has 6 heteroatoms. The lowest BCUT2D eigenvalue weighted by Gasteiger charge is -2.37. The average Bonchev–Trinajstić information content (AvgIpc) is 2.67. The molecule has 6 nitrogen and oxygen atoms in total. The molecule has 0 aliphatic heterocycles. The maximum Gasteiger partial charge on any atom is 0.255 e. The van der Waals surface area contributed by atoms with E-state index in [1.54, 1.807) is 30.6 Å². The SMILES string of the molecule is CC(C)(C)C1CCC(NC(=O)c2cccnc2NCc2ccc(=O)[nH]c2)CC1. The highest BCUT2D eigenvalue weighted by atomic mass is 16.1. The van der Waals surface area contributed by atoms with Crippen molar-refractivity contribution >= 4 is 11.7 Å². The van der Waals surface area contributed by atoms with Crippen molar-refractivity contribution in [2.75, 3.05) is 5.32 Å². The van der Waals surface area contributed by atoms with Crippen LogP contribution in [0.25, 0.3) is 0 Å². The lowest BCUT2D eigenvalue weighted by atomic mass is 9.71. The molecule has 28 heavy (non-hydrogen) atoms. The largest absolute Gasteiger partial charge is 0.365 e. The predicted molar refractivity (Wildman–Crippen MR) is 111 cm³/mol. The van der Waals surface area contributed by atoms with E-state index in [9.17, 15) is 9.59 Å². The number of aromatic nitrogens is 2. The van der Waals surface area contributed by atoms with E-state index in [1.807, 2.05) is 0 Å². The Kier molecular flexibility index (Phi) is 6.17. The van der Waals surface area contributed by atoms with Crippen molar-refractivity contribution in [1.82, 2.24) is 15.3 Å². The molecule has 2 aromatic heterocycles. The van der Waals surface area contributed by atoms with Crippen LogP contribution in [0.4, 0.5) is 5.82 Å². The summed E-state index contributed by atoms with van der Waals surface area (Å²) < 4.78 is 0. The van der Waals surface area contributed by atoms with Crippen LogP contribution in [0.3, 0.4) is 0 Å². The highest BCUT2D eigenvalue weighted by Crippen LogP contribution is 2.37. The van der Waals surface area contributed by atoms with Crippen LogP contribution in [-0.2, 0) is 6.54 Å². The molecule has 0 spiro atoms. The second-order valence-corrected chi connectivity index (χ2v) is 8.70. The van der Waals surface area contributed by atoms with Crippen molar-refractivity contribution in [3.63, 3.8) is 0 Å². The topological polar surface area (TPSA) is 86.9 Å². The van der Waals surface area contributed by atoms with Crippen LogP contribution in [-0.4, -0.2) is 21.9 Å². The van der Waals surface area contributed by atoms with Crippen LogP contribution in [0.15, 0.2) is 41.5 Å². The van der Waals surface area contributed by atoms with Crippen molar-refractivity contribution in [3.05, 3.63) is 58.1 Å². The van der Waals surface area contributed by atoms with Crippen molar-refractivity contribution in [2.24, 2.45) is 11.3 Å². The van der Waals surface area contributed by atoms with E-state index in [4.69, 9.17) is 0 Å². The van der Waals surface area contributed by atoms with E-state index in [0.29, 0.717) is 29.3 Å². The zero-order valence-corrected chi connectivity index (χ0v) is 16.9. The first kappa shape index (κ1) is 20.1. The molecule has 1 saturated carbocycles. The van der Waals surface area contributed by atoms with E-state index >= 15 is 0 Å². The Morgan fingerprint density at radius 2 is 1.93 bits per heavy atom. The van der Waals surface area contributed by atoms with Gasteiger partial charge in [-0.2, -0.15) is 0 Å². The van der Waals surface area contributed by atoms with Gasteiger partial charge in [-0.3, -0.25) is 9.59 Å². The first-order valence-electron chi connectivity index (χ1n) is 10.0. The van der Waals surface area contributed by atoms with Crippen molar-refractivity contribution in [1.29, 1.82) is 0 Å². The molecule has 1 aliphatic carbocycles. The minimum atomic E-state index is -0.136. The number of anilines is 1. The highest BCUT2D eigenvalue weighted by molar-refractivity contribution is 5.98. The van der Waals surface area contributed by atoms with Crippen LogP contribution in [0, 0.1) is 11.3 Å². The van der Waals surface area contributed by atoms with Gasteiger partial charge in [0, 0.05) is 31.0 Å². The minimum Gasteiger partial charge on any atom is -0.365 e. The van der Waals surface area contributed by atoms with Gasteiger partial charge in [0.15, 0.2) is 0 Å². The zero-order chi connectivity index (χ0) is 20.1. The maximum atomic E-state index is 12.8. The van der Waals surface area contributed by atoms with Crippen LogP contribution < -0.4 is 16.2 Å². The molecule has 1 amide bonds. The van der Waals surface area contributed by atoms with E-state index in [-0.39, 0.29) is 17.5 Å². The summed E-state index contributed by atoms with van der Waals surface area (Å²) in [6.45, 7) is 7.37. The summed E-state index contributed by atoms with van der Waals surface area (Å²) in [5.74, 6) is 1.18. The molecule has 3 rings (SSSR count). The molecule has 2 heterocycles. The monoisotopic (exact) mass is 382 g/mol. The van der Waals surface area contributed by atoms with Gasteiger partial charge in [-0.05, 0) is 54.7 Å². The van der Waals surface area contributed by atoms with Crippen molar-refractivity contribution < 1.29 is 4.79 Å². The van der Waals surface area contributed by atoms with Gasteiger partial charge in [0.25, 0.3) is 5.91 Å². The van der Waals surface area contributed by atoms with Gasteiger partial charge in [0.2, 0.25) is 5.56 Å². The number of hydrogen-bond acceptors (Lipinski definition) is 4. The van der Waals surface area contributed by atoms with E-state index in [2.05, 4.69) is 41.4 Å². The number of carbonyl (C=O) groups excluding carboxylic acids is 1. The predicted octanol–water partition coefficient (Wildman–Crippen LogP) is 3.72. The Hall–Kier alpha value is -2.63. The molecule has 150 valence electrons. The van der Waals surface area contributed by atoms with Crippen LogP contribution in [0.5, 0.6) is 0 Å². The fraction of sp³-hybridized carbons (Fsp3) is 0.500. The lowest BCUT2D eigenvalue weighted by Crippen LogP contribution is -2.39. The van der Waals surface area contributed by atoms with E-state index in [0.717, 1.165) is 31.2 Å². The summed E-state index contributed by atoms with van der Waals surface area (Å²) in [6.07, 6.45) is 7.67. The number of aromatic amines is 1. The zero-order valence-electron chi connectivity index (χ0n) is 16.9. The summed E-state index contributed by atoms with van der Waals surface area (Å²) in [6, 6.07) is 7.02. The van der Waals surface area contributed by atoms with E-state index in [1.165, 1.54) is 6.07 Å². The summed E-state index contributed by atoms with van der Waals surface area (Å²) >= 11 is 0. The summed E-state index contributed by atoms with van der Waals surface area (Å²) in [4.78, 5) is 31.0. The molecule has 2 aromatic rings. The number of amides is 1. The first-order chi connectivity index (χ1) is 13.3. The Labute approximate surface area is 166 Å². The third-order valence-electron chi connectivity index (χ3n) is 5.65. The summed E-state index contributed by atoms with van der Waals surface area (Å²) in [5, 5.41) is 6.39. The summed E-state index contributed by atoms with van der Waals surface area (Å²) in [7, 11) is 0. The summed E-state index contributed by atoms with van der Waals surface area (Å²) in [5.41, 5.74) is 1.65. The molecule has 3 N–H and O–H groups in total. The molecule has 1 fully saturated rings. The van der Waals surface area contributed by atoms with Crippen LogP contribution >= 0.6 is 0 Å². The van der Waals surface area contributed by atoms with E-state index < -0.39 is 0 Å². The smallest absolute Gasteiger partial charge is 0.255 e. The standard InChI is InChI=1S/C22H30N4O2/c1-22(2,3)16-7-9-17(10-8-16)26-21(28)18-5-4-12-23-20(18)25-14-15-6-11-19(27)24-13-15/h4-6,11-13,16-17H,7-10,14H2,1-3H3,(H,23,25)(H,24,27)(H,26,28). The number of nitrogens with zero attached hydrogens (tertiary/aromatic N) is 1. The normalized spacial score (nSPS) is 19.8. The number of rotatable bonds is 5. The highest BCUT2D eigenvalue weighted by Gasteiger charge is 2.30. The first-order valence-corrected chi connectivity index (χ1v) is 10.0. The number of carbonyl (C=O) groups is 1. The quantitative estimate of drug-likeness (QED) is 0.736. The second kappa shape index (κ2) is 8.59. The number of H-pyrrole nitrogens is 1. The second-order valence-electron chi connectivity index (χ2n) is 8.70. The molecule has 0 unspecified atom stereocenters. The fourth-order valence-electron chi connectivity index (χ4n) is 3.83. The van der Waals surface area contributed by atoms with Gasteiger partial charge >= 0.3 is 0 Å². The number of hydrogen-bond donors (Lipinski definition) is 3. The van der Waals surface area contributed by atoms with Gasteiger partial charge in [0.05, 0.1) is 5.56 Å². The Balaban J connectivity index is 1.60. The fourth-order valence-corrected chi connectivity index (χ4v) is 3.83. The molecule has 0 bridgehead atoms. The number of pyridine rings is 2. The third-order valence-corrected chi connectivity index (χ3v) is 5.65. The molecule has 0 radical (unpaired) electrons. The third kappa shape index (κ3) is 5.21. The lowest BCUT2D eigenvalue weighted by molar-refractivity contribution is 0.0904. The van der Waals surface area contributed by atoms with Crippen molar-refractivity contribution in [2.45, 2.75) is 59.0 Å². The Morgan fingerprint density at radius 3 is 2.57 bits per heavy atom. The van der Waals surface area contributed by atoms with Crippen LogP contribution in [0.1, 0.15) is 62.4 Å². The minimum absolute atomic E-state index is 0.0868. The van der Waals surface area contributed by atoms with Gasteiger partial charge in [-0.1, -0.05) is 26.8 Å². The number of nitrogens with one attached hydrogen (secondary N) is 3. The molecule has 1 aliphatic rings. The van der Waals surface area contributed by atoms with Gasteiger partial charge < -0.3 is 15.6 Å². The average molecular weight is 383 g/mol. The molecule has 0 aromatic carbocycles. The molecule has 0 saturated heterocycles. The Morgan fingerprint density at radius 1 is 1.18 bits per heavy atom. The maximum absolute atomic E-state index is 12.8. The van der Waals surface area contributed by atoms with Gasteiger partial charge in [0.1, 0.15) is 5.82 Å². The van der Waals surface area contributed by atoms with Crippen molar-refractivity contribution in [3.8, 4) is 0 Å². The van der Waals surface area contributed by atoms with Gasteiger partial charge in [-0.25, -0.2) is 4.98 Å².